The van der Waals surface area contributed by atoms with E-state index >= 15 is 0 Å². The standard InChI is InChI=1S/C10H10N6O/c11-10(12)16-15-4-6-1-2-8-7(3-6)9(17)14-5-13-8/h1-5H,(H4,11,12,16)(H,13,14,17). The Balaban J connectivity index is 2.45. The van der Waals surface area contributed by atoms with E-state index in [1.54, 1.807) is 18.2 Å². The van der Waals surface area contributed by atoms with Gasteiger partial charge in [0.25, 0.3) is 5.56 Å². The molecule has 0 fully saturated rings. The first kappa shape index (κ1) is 10.8. The van der Waals surface area contributed by atoms with Crippen molar-refractivity contribution in [2.75, 3.05) is 0 Å². The summed E-state index contributed by atoms with van der Waals surface area (Å²) in [7, 11) is 0. The van der Waals surface area contributed by atoms with Gasteiger partial charge in [-0.3, -0.25) is 4.79 Å². The number of hydrogen-bond acceptors (Lipinski definition) is 4. The van der Waals surface area contributed by atoms with E-state index in [2.05, 4.69) is 20.2 Å². The fourth-order valence-corrected chi connectivity index (χ4v) is 1.33. The van der Waals surface area contributed by atoms with Crippen molar-refractivity contribution in [2.45, 2.75) is 0 Å². The molecule has 7 nitrogen and oxygen atoms in total. The largest absolute Gasteiger partial charge is 0.369 e. The average Bonchev–Trinajstić information content (AvgIpc) is 2.30. The van der Waals surface area contributed by atoms with E-state index in [0.29, 0.717) is 16.5 Å². The van der Waals surface area contributed by atoms with Crippen LogP contribution < -0.4 is 17.0 Å². The van der Waals surface area contributed by atoms with E-state index in [9.17, 15) is 4.79 Å². The Morgan fingerprint density at radius 3 is 3.00 bits per heavy atom. The smallest absolute Gasteiger partial charge is 0.258 e. The number of H-pyrrole nitrogens is 1. The van der Waals surface area contributed by atoms with Crippen molar-refractivity contribution in [3.8, 4) is 0 Å². The quantitative estimate of drug-likeness (QED) is 0.366. The number of aromatic amines is 1. The van der Waals surface area contributed by atoms with E-state index in [-0.39, 0.29) is 11.5 Å². The van der Waals surface area contributed by atoms with Crippen LogP contribution in [0, 0.1) is 0 Å². The number of rotatable bonds is 2. The van der Waals surface area contributed by atoms with Crippen molar-refractivity contribution < 1.29 is 0 Å². The lowest BCUT2D eigenvalue weighted by Gasteiger charge is -1.96. The van der Waals surface area contributed by atoms with Crippen molar-refractivity contribution in [1.29, 1.82) is 0 Å². The molecule has 0 atom stereocenters. The molecule has 86 valence electrons. The van der Waals surface area contributed by atoms with Crippen molar-refractivity contribution in [2.24, 2.45) is 21.7 Å². The third kappa shape index (κ3) is 2.46. The maximum Gasteiger partial charge on any atom is 0.258 e. The summed E-state index contributed by atoms with van der Waals surface area (Å²) in [5.74, 6) is -0.124. The highest BCUT2D eigenvalue weighted by atomic mass is 16.1. The second-order valence-corrected chi connectivity index (χ2v) is 3.28. The first-order valence-electron chi connectivity index (χ1n) is 4.76. The molecule has 0 radical (unpaired) electrons. The summed E-state index contributed by atoms with van der Waals surface area (Å²) in [4.78, 5) is 18.0. The second kappa shape index (κ2) is 4.44. The number of guanidine groups is 1. The monoisotopic (exact) mass is 230 g/mol. The Morgan fingerprint density at radius 2 is 2.24 bits per heavy atom. The number of nitrogens with one attached hydrogen (secondary N) is 1. The molecule has 0 spiro atoms. The third-order valence-corrected chi connectivity index (χ3v) is 2.04. The van der Waals surface area contributed by atoms with Crippen LogP contribution in [-0.2, 0) is 0 Å². The molecule has 7 heteroatoms. The molecular formula is C10H10N6O. The van der Waals surface area contributed by atoms with Gasteiger partial charge in [0, 0.05) is 0 Å². The maximum atomic E-state index is 11.5. The molecule has 0 unspecified atom stereocenters. The minimum atomic E-state index is -0.202. The summed E-state index contributed by atoms with van der Waals surface area (Å²) >= 11 is 0. The molecule has 0 amide bonds. The molecule has 0 bridgehead atoms. The molecule has 0 saturated heterocycles. The van der Waals surface area contributed by atoms with Gasteiger partial charge in [-0.2, -0.15) is 5.10 Å². The Kier molecular flexibility index (Phi) is 2.82. The minimum Gasteiger partial charge on any atom is -0.369 e. The fraction of sp³-hybridized carbons (Fsp3) is 0. The minimum absolute atomic E-state index is 0.124. The zero-order valence-corrected chi connectivity index (χ0v) is 8.79. The second-order valence-electron chi connectivity index (χ2n) is 3.28. The van der Waals surface area contributed by atoms with Gasteiger partial charge in [-0.1, -0.05) is 6.07 Å². The summed E-state index contributed by atoms with van der Waals surface area (Å²) in [6.45, 7) is 0. The van der Waals surface area contributed by atoms with Gasteiger partial charge < -0.3 is 16.5 Å². The predicted octanol–water partition coefficient (Wildman–Crippen LogP) is -0.470. The predicted molar refractivity (Wildman–Crippen MR) is 65.8 cm³/mol. The highest BCUT2D eigenvalue weighted by Crippen LogP contribution is 2.07. The Labute approximate surface area is 95.9 Å². The summed E-state index contributed by atoms with van der Waals surface area (Å²) in [6, 6.07) is 5.15. The van der Waals surface area contributed by atoms with Gasteiger partial charge in [0.15, 0.2) is 0 Å². The molecule has 5 N–H and O–H groups in total. The van der Waals surface area contributed by atoms with Crippen molar-refractivity contribution in [3.05, 3.63) is 40.4 Å². The molecule has 2 rings (SSSR count). The van der Waals surface area contributed by atoms with E-state index in [1.165, 1.54) is 12.5 Å². The van der Waals surface area contributed by atoms with Crippen molar-refractivity contribution >= 4 is 23.1 Å². The highest BCUT2D eigenvalue weighted by Gasteiger charge is 1.99. The lowest BCUT2D eigenvalue weighted by atomic mass is 10.1. The fourth-order valence-electron chi connectivity index (χ4n) is 1.33. The van der Waals surface area contributed by atoms with Crippen LogP contribution in [0.5, 0.6) is 0 Å². The lowest BCUT2D eigenvalue weighted by Crippen LogP contribution is -2.21. The van der Waals surface area contributed by atoms with E-state index in [1.807, 2.05) is 0 Å². The molecule has 1 heterocycles. The van der Waals surface area contributed by atoms with Gasteiger partial charge in [0.2, 0.25) is 5.96 Å². The molecule has 1 aromatic carbocycles. The zero-order valence-electron chi connectivity index (χ0n) is 8.79. The average molecular weight is 230 g/mol. The van der Waals surface area contributed by atoms with Gasteiger partial charge in [-0.25, -0.2) is 4.98 Å². The summed E-state index contributed by atoms with van der Waals surface area (Å²) < 4.78 is 0. The summed E-state index contributed by atoms with van der Waals surface area (Å²) in [6.07, 6.45) is 2.81. The topological polar surface area (TPSA) is 123 Å². The SMILES string of the molecule is NC(N)=NN=Cc1ccc2nc[nH]c(=O)c2c1. The van der Waals surface area contributed by atoms with Crippen LogP contribution in [0.4, 0.5) is 0 Å². The van der Waals surface area contributed by atoms with Crippen LogP contribution in [0.1, 0.15) is 5.56 Å². The van der Waals surface area contributed by atoms with Crippen LogP contribution in [0.25, 0.3) is 10.9 Å². The zero-order chi connectivity index (χ0) is 12.3. The van der Waals surface area contributed by atoms with Crippen LogP contribution >= 0.6 is 0 Å². The number of nitrogens with two attached hydrogens (primary N) is 2. The Hall–Kier alpha value is -2.70. The molecule has 0 aliphatic heterocycles. The van der Waals surface area contributed by atoms with Gasteiger partial charge in [0.1, 0.15) is 0 Å². The molecule has 1 aromatic heterocycles. The van der Waals surface area contributed by atoms with E-state index in [0.717, 1.165) is 0 Å². The van der Waals surface area contributed by atoms with Crippen molar-refractivity contribution in [1.82, 2.24) is 9.97 Å². The number of fused-ring (bicyclic) bond motifs is 1. The summed E-state index contributed by atoms with van der Waals surface area (Å²) in [5, 5.41) is 7.61. The maximum absolute atomic E-state index is 11.5. The number of hydrogen-bond donors (Lipinski definition) is 3. The first-order chi connectivity index (χ1) is 8.16. The van der Waals surface area contributed by atoms with Gasteiger partial charge in [-0.05, 0) is 17.7 Å². The van der Waals surface area contributed by atoms with Crippen LogP contribution in [-0.4, -0.2) is 22.1 Å². The molecule has 0 aliphatic carbocycles. The molecule has 2 aromatic rings. The molecule has 0 saturated carbocycles. The first-order valence-corrected chi connectivity index (χ1v) is 4.76. The van der Waals surface area contributed by atoms with Gasteiger partial charge in [0.05, 0.1) is 23.4 Å². The highest BCUT2D eigenvalue weighted by molar-refractivity contribution is 5.88. The Bertz CT molecular complexity index is 653. The number of nitrogens with zero attached hydrogens (tertiary/aromatic N) is 3. The van der Waals surface area contributed by atoms with Crippen LogP contribution in [0.15, 0.2) is 39.5 Å². The van der Waals surface area contributed by atoms with Crippen molar-refractivity contribution in [3.63, 3.8) is 0 Å². The number of aromatic nitrogens is 2. The molecule has 0 aliphatic rings. The normalized spacial score (nSPS) is 10.8. The van der Waals surface area contributed by atoms with Gasteiger partial charge >= 0.3 is 0 Å². The third-order valence-electron chi connectivity index (χ3n) is 2.04. The van der Waals surface area contributed by atoms with Crippen LogP contribution in [0.3, 0.4) is 0 Å². The number of benzene rings is 1. The lowest BCUT2D eigenvalue weighted by molar-refractivity contribution is 1.17. The molecule has 17 heavy (non-hydrogen) atoms. The van der Waals surface area contributed by atoms with E-state index in [4.69, 9.17) is 11.5 Å². The van der Waals surface area contributed by atoms with E-state index < -0.39 is 0 Å². The van der Waals surface area contributed by atoms with Gasteiger partial charge in [-0.15, -0.1) is 5.10 Å². The summed E-state index contributed by atoms with van der Waals surface area (Å²) in [5.41, 5.74) is 11.4. The molecular weight excluding hydrogens is 220 g/mol. The van der Waals surface area contributed by atoms with Crippen LogP contribution in [0.2, 0.25) is 0 Å². The Morgan fingerprint density at radius 1 is 1.41 bits per heavy atom.